The van der Waals surface area contributed by atoms with Crippen LogP contribution in [0, 0.1) is 0 Å². The molecule has 0 spiro atoms. The maximum absolute atomic E-state index is 13.7. The quantitative estimate of drug-likeness (QED) is 0.198. The van der Waals surface area contributed by atoms with Crippen LogP contribution in [0.25, 0.3) is 6.08 Å². The molecular weight excluding hydrogens is 539 g/mol. The zero-order valence-electron chi connectivity index (χ0n) is 17.9. The van der Waals surface area contributed by atoms with Crippen molar-refractivity contribution < 1.29 is 31.1 Å². The molecule has 1 aliphatic rings. The van der Waals surface area contributed by atoms with E-state index in [4.69, 9.17) is 34.8 Å². The lowest BCUT2D eigenvalue weighted by atomic mass is 9.95. The Morgan fingerprint density at radius 2 is 1.71 bits per heavy atom. The summed E-state index contributed by atoms with van der Waals surface area (Å²) in [4.78, 5) is 14.6. The predicted octanol–water partition coefficient (Wildman–Crippen LogP) is 8.98. The smallest absolute Gasteiger partial charge is 0.272 e. The van der Waals surface area contributed by atoms with Crippen molar-refractivity contribution in [2.24, 2.45) is 4.99 Å². The molecule has 0 aromatic heterocycles. The number of hydrogen-bond donors (Lipinski definition) is 0. The molecule has 11 heteroatoms. The summed E-state index contributed by atoms with van der Waals surface area (Å²) in [7, 11) is 0. The van der Waals surface area contributed by atoms with Gasteiger partial charge in [0.25, 0.3) is 5.91 Å². The van der Waals surface area contributed by atoms with Crippen molar-refractivity contribution in [2.45, 2.75) is 49.9 Å². The van der Waals surface area contributed by atoms with Crippen LogP contribution in [0.15, 0.2) is 41.4 Å². The molecule has 0 N–H and O–H groups in total. The topological polar surface area (TPSA) is 29.4 Å². The Bertz CT molecular complexity index is 1130. The number of allylic oxidation sites excluding steroid dienone is 1. The predicted molar refractivity (Wildman–Crippen MR) is 126 cm³/mol. The highest BCUT2D eigenvalue weighted by Gasteiger charge is 2.39. The van der Waals surface area contributed by atoms with Gasteiger partial charge in [-0.2, -0.15) is 26.3 Å². The number of carbonyl (C=O) groups excluding carboxylic acids is 1. The summed E-state index contributed by atoms with van der Waals surface area (Å²) in [6, 6.07) is 7.47. The van der Waals surface area contributed by atoms with Gasteiger partial charge in [-0.1, -0.05) is 65.2 Å². The monoisotopic (exact) mass is 555 g/mol. The molecule has 2 aromatic rings. The molecule has 1 amide bonds. The SMILES string of the molecule is O=C(CC(F)(F)F)N=CCC1CCc2cc(/C=C/C(c3cc(Cl)c(Cl)c(Cl)c3)C(F)(F)F)ccc21. The minimum Gasteiger partial charge on any atom is -0.272 e. The summed E-state index contributed by atoms with van der Waals surface area (Å²) in [5, 5.41) is -0.182. The van der Waals surface area contributed by atoms with Crippen LogP contribution >= 0.6 is 34.8 Å². The lowest BCUT2D eigenvalue weighted by Crippen LogP contribution is -2.19. The van der Waals surface area contributed by atoms with E-state index in [2.05, 4.69) is 4.99 Å². The number of nitrogens with zero attached hydrogens (tertiary/aromatic N) is 1. The summed E-state index contributed by atoms with van der Waals surface area (Å²) < 4.78 is 77.9. The largest absolute Gasteiger partial charge is 0.399 e. The maximum Gasteiger partial charge on any atom is 0.399 e. The minimum absolute atomic E-state index is 0.0232. The molecular formula is C24H18Cl3F6NO. The molecule has 2 unspecified atom stereocenters. The van der Waals surface area contributed by atoms with Gasteiger partial charge < -0.3 is 0 Å². The zero-order valence-corrected chi connectivity index (χ0v) is 20.1. The average molecular weight is 557 g/mol. The summed E-state index contributed by atoms with van der Waals surface area (Å²) in [5.74, 6) is -3.24. The van der Waals surface area contributed by atoms with Crippen molar-refractivity contribution in [3.63, 3.8) is 0 Å². The van der Waals surface area contributed by atoms with Crippen molar-refractivity contribution >= 4 is 53.0 Å². The van der Waals surface area contributed by atoms with Gasteiger partial charge in [-0.05, 0) is 59.6 Å². The molecule has 0 saturated carbocycles. The van der Waals surface area contributed by atoms with Crippen molar-refractivity contribution in [3.05, 3.63) is 73.7 Å². The molecule has 0 fully saturated rings. The van der Waals surface area contributed by atoms with E-state index < -0.39 is 30.6 Å². The molecule has 0 radical (unpaired) electrons. The number of hydrogen-bond acceptors (Lipinski definition) is 1. The average Bonchev–Trinajstić information content (AvgIpc) is 3.12. The Balaban J connectivity index is 1.74. The fourth-order valence-electron chi connectivity index (χ4n) is 3.94. The Morgan fingerprint density at radius 3 is 2.31 bits per heavy atom. The summed E-state index contributed by atoms with van der Waals surface area (Å²) >= 11 is 17.7. The second-order valence-corrected chi connectivity index (χ2v) is 9.30. The van der Waals surface area contributed by atoms with E-state index >= 15 is 0 Å². The first-order valence-corrected chi connectivity index (χ1v) is 11.5. The molecule has 2 aromatic carbocycles. The van der Waals surface area contributed by atoms with Gasteiger partial charge in [0.15, 0.2) is 0 Å². The van der Waals surface area contributed by atoms with Crippen LogP contribution < -0.4 is 0 Å². The number of halogens is 9. The van der Waals surface area contributed by atoms with E-state index in [0.717, 1.165) is 29.3 Å². The maximum atomic E-state index is 13.7. The molecule has 35 heavy (non-hydrogen) atoms. The molecule has 2 atom stereocenters. The van der Waals surface area contributed by atoms with E-state index in [-0.39, 0.29) is 26.5 Å². The third-order valence-corrected chi connectivity index (χ3v) is 6.74. The van der Waals surface area contributed by atoms with Gasteiger partial charge >= 0.3 is 12.4 Å². The van der Waals surface area contributed by atoms with E-state index in [0.29, 0.717) is 24.8 Å². The van der Waals surface area contributed by atoms with Crippen LogP contribution in [0.4, 0.5) is 26.3 Å². The summed E-state index contributed by atoms with van der Waals surface area (Å²) in [6.45, 7) is 0. The highest BCUT2D eigenvalue weighted by Crippen LogP contribution is 2.41. The third-order valence-electron chi connectivity index (χ3n) is 5.54. The highest BCUT2D eigenvalue weighted by molar-refractivity contribution is 6.48. The molecule has 188 valence electrons. The number of alkyl halides is 6. The van der Waals surface area contributed by atoms with Gasteiger partial charge in [-0.15, -0.1) is 0 Å². The molecule has 0 aliphatic heterocycles. The van der Waals surface area contributed by atoms with Crippen LogP contribution in [0.5, 0.6) is 0 Å². The number of aryl methyl sites for hydroxylation is 1. The van der Waals surface area contributed by atoms with E-state index in [1.807, 2.05) is 0 Å². The van der Waals surface area contributed by atoms with Crippen molar-refractivity contribution in [3.8, 4) is 0 Å². The van der Waals surface area contributed by atoms with Crippen LogP contribution in [0.1, 0.15) is 53.4 Å². The van der Waals surface area contributed by atoms with Crippen molar-refractivity contribution in [1.82, 2.24) is 0 Å². The molecule has 3 rings (SSSR count). The molecule has 0 saturated heterocycles. The lowest BCUT2D eigenvalue weighted by molar-refractivity contribution is -0.151. The van der Waals surface area contributed by atoms with Crippen LogP contribution in [0.3, 0.4) is 0 Å². The fraction of sp³-hybridized carbons (Fsp3) is 0.333. The van der Waals surface area contributed by atoms with Gasteiger partial charge in [-0.25, -0.2) is 4.99 Å². The van der Waals surface area contributed by atoms with E-state index in [1.165, 1.54) is 12.3 Å². The minimum atomic E-state index is -4.60. The van der Waals surface area contributed by atoms with Crippen LogP contribution in [-0.4, -0.2) is 24.5 Å². The van der Waals surface area contributed by atoms with Gasteiger partial charge in [-0.3, -0.25) is 4.79 Å². The molecule has 0 heterocycles. The number of carbonyl (C=O) groups is 1. The van der Waals surface area contributed by atoms with Gasteiger partial charge in [0.05, 0.1) is 21.0 Å². The second kappa shape index (κ2) is 10.9. The fourth-order valence-corrected chi connectivity index (χ4v) is 4.56. The normalized spacial score (nSPS) is 17.3. The van der Waals surface area contributed by atoms with Crippen molar-refractivity contribution in [2.75, 3.05) is 0 Å². The van der Waals surface area contributed by atoms with E-state index in [1.54, 1.807) is 18.2 Å². The van der Waals surface area contributed by atoms with Crippen LogP contribution in [0.2, 0.25) is 15.1 Å². The first-order valence-electron chi connectivity index (χ1n) is 10.4. The molecule has 1 aliphatic carbocycles. The van der Waals surface area contributed by atoms with Gasteiger partial charge in [0.1, 0.15) is 6.42 Å². The number of fused-ring (bicyclic) bond motifs is 1. The first kappa shape index (κ1) is 27.6. The van der Waals surface area contributed by atoms with Crippen LogP contribution in [-0.2, 0) is 11.2 Å². The number of benzene rings is 2. The van der Waals surface area contributed by atoms with E-state index in [9.17, 15) is 31.1 Å². The summed E-state index contributed by atoms with van der Waals surface area (Å²) in [5.41, 5.74) is 2.27. The Labute approximate surface area is 212 Å². The van der Waals surface area contributed by atoms with Gasteiger partial charge in [0, 0.05) is 6.21 Å². The van der Waals surface area contributed by atoms with Crippen molar-refractivity contribution in [1.29, 1.82) is 0 Å². The number of rotatable bonds is 6. The van der Waals surface area contributed by atoms with Gasteiger partial charge in [0.2, 0.25) is 0 Å². The summed E-state index contributed by atoms with van der Waals surface area (Å²) in [6.07, 6.45) is -5.60. The Kier molecular flexibility index (Phi) is 8.60. The molecule has 2 nitrogen and oxygen atoms in total. The number of amides is 1. The lowest BCUT2D eigenvalue weighted by Gasteiger charge is -2.18. The standard InChI is InChI=1S/C24H18Cl3F6NO/c25-19-10-16(11-20(26)22(19)27)18(24(31,32)33)6-2-13-1-5-17-14(3-4-15(17)9-13)7-8-34-21(35)12-23(28,29)30/h1-2,5-6,8-11,14,18H,3-4,7,12H2/b6-2+,34-8?. The highest BCUT2D eigenvalue weighted by atomic mass is 35.5. The first-order chi connectivity index (χ1) is 16.2. The number of aliphatic imine (C=N–C) groups is 1. The molecule has 0 bridgehead atoms. The zero-order chi connectivity index (χ0) is 26.0. The third kappa shape index (κ3) is 7.48. The Morgan fingerprint density at radius 1 is 1.06 bits per heavy atom. The second-order valence-electron chi connectivity index (χ2n) is 8.10. The Hall–Kier alpha value is -2.03.